The number of thiocarbonyl (C=S) groups is 1. The molecule has 0 saturated carbocycles. The first kappa shape index (κ1) is 20.4. The molecule has 0 bridgehead atoms. The number of fused-ring (bicyclic) bond motifs is 1. The summed E-state index contributed by atoms with van der Waals surface area (Å²) in [5, 5.41) is 4.47. The van der Waals surface area contributed by atoms with Crippen LogP contribution in [0.15, 0.2) is 78.9 Å². The standard InChI is InChI=1S/C24H22N4O2S/c1-16-11-13-18(14-12-16)30-15-21(29)27-28-24(31)26-23-19-9-5-6-10-20(19)25-22(23)17-7-3-2-4-8-17/h2-14,25H,15H2,1H3,(H,27,29)(H2,26,28,31). The number of nitrogens with one attached hydrogen (secondary N) is 4. The summed E-state index contributed by atoms with van der Waals surface area (Å²) in [6.45, 7) is 1.87. The second-order valence-corrected chi connectivity index (χ2v) is 7.42. The van der Waals surface area contributed by atoms with Gasteiger partial charge in [0.2, 0.25) is 0 Å². The highest BCUT2D eigenvalue weighted by molar-refractivity contribution is 7.80. The Labute approximate surface area is 185 Å². The number of hydrogen-bond acceptors (Lipinski definition) is 3. The number of carbonyl (C=O) groups is 1. The SMILES string of the molecule is Cc1ccc(OCC(=O)NNC(=S)Nc2c(-c3ccccc3)[nH]c3ccccc23)cc1. The number of rotatable bonds is 5. The molecule has 4 rings (SSSR count). The van der Waals surface area contributed by atoms with Gasteiger partial charge < -0.3 is 15.0 Å². The van der Waals surface area contributed by atoms with E-state index < -0.39 is 0 Å². The average Bonchev–Trinajstić information content (AvgIpc) is 3.16. The van der Waals surface area contributed by atoms with Crippen LogP contribution in [0.5, 0.6) is 5.75 Å². The van der Waals surface area contributed by atoms with Gasteiger partial charge in [-0.05, 0) is 37.3 Å². The molecule has 31 heavy (non-hydrogen) atoms. The lowest BCUT2D eigenvalue weighted by molar-refractivity contribution is -0.123. The first-order valence-electron chi connectivity index (χ1n) is 9.81. The van der Waals surface area contributed by atoms with Crippen LogP contribution in [0.1, 0.15) is 5.56 Å². The highest BCUT2D eigenvalue weighted by Gasteiger charge is 2.14. The fraction of sp³-hybridized carbons (Fsp3) is 0.0833. The van der Waals surface area contributed by atoms with Gasteiger partial charge in [0.25, 0.3) is 5.91 Å². The van der Waals surface area contributed by atoms with Gasteiger partial charge in [0, 0.05) is 16.5 Å². The van der Waals surface area contributed by atoms with Crippen molar-refractivity contribution in [3.8, 4) is 17.0 Å². The number of aromatic amines is 1. The number of anilines is 1. The summed E-state index contributed by atoms with van der Waals surface area (Å²) in [4.78, 5) is 15.5. The molecule has 0 saturated heterocycles. The van der Waals surface area contributed by atoms with Crippen LogP contribution in [-0.4, -0.2) is 22.6 Å². The van der Waals surface area contributed by atoms with Gasteiger partial charge in [0.1, 0.15) is 5.75 Å². The van der Waals surface area contributed by atoms with E-state index >= 15 is 0 Å². The number of hydrogen-bond donors (Lipinski definition) is 4. The Bertz CT molecular complexity index is 1200. The van der Waals surface area contributed by atoms with Crippen LogP contribution < -0.4 is 20.9 Å². The van der Waals surface area contributed by atoms with Crippen molar-refractivity contribution >= 4 is 39.8 Å². The minimum Gasteiger partial charge on any atom is -0.484 e. The minimum absolute atomic E-state index is 0.124. The molecule has 0 aliphatic rings. The van der Waals surface area contributed by atoms with E-state index in [1.165, 1.54) is 0 Å². The van der Waals surface area contributed by atoms with Gasteiger partial charge in [-0.25, -0.2) is 0 Å². The third kappa shape index (κ3) is 5.02. The summed E-state index contributed by atoms with van der Waals surface area (Å²) >= 11 is 5.39. The maximum absolute atomic E-state index is 12.1. The number of carbonyl (C=O) groups excluding carboxylic acids is 1. The van der Waals surface area contributed by atoms with Crippen molar-refractivity contribution in [3.63, 3.8) is 0 Å². The van der Waals surface area contributed by atoms with Crippen LogP contribution in [0.2, 0.25) is 0 Å². The number of aromatic nitrogens is 1. The molecule has 0 unspecified atom stereocenters. The Kier molecular flexibility index (Phi) is 6.14. The predicted molar refractivity (Wildman–Crippen MR) is 128 cm³/mol. The summed E-state index contributed by atoms with van der Waals surface area (Å²) in [5.74, 6) is 0.291. The van der Waals surface area contributed by atoms with Crippen LogP contribution in [0.4, 0.5) is 5.69 Å². The number of hydrazine groups is 1. The zero-order chi connectivity index (χ0) is 21.6. The Balaban J connectivity index is 1.40. The molecule has 1 aromatic heterocycles. The summed E-state index contributed by atoms with van der Waals surface area (Å²) in [6.07, 6.45) is 0. The van der Waals surface area contributed by atoms with Crippen LogP contribution in [0.3, 0.4) is 0 Å². The van der Waals surface area contributed by atoms with Crippen LogP contribution in [-0.2, 0) is 4.79 Å². The van der Waals surface area contributed by atoms with E-state index in [1.54, 1.807) is 0 Å². The fourth-order valence-electron chi connectivity index (χ4n) is 3.18. The van der Waals surface area contributed by atoms with Gasteiger partial charge in [-0.3, -0.25) is 15.6 Å². The number of amides is 1. The number of H-pyrrole nitrogens is 1. The molecular weight excluding hydrogens is 408 g/mol. The lowest BCUT2D eigenvalue weighted by Gasteiger charge is -2.13. The molecule has 0 aliphatic heterocycles. The van der Waals surface area contributed by atoms with Crippen LogP contribution >= 0.6 is 12.2 Å². The highest BCUT2D eigenvalue weighted by Crippen LogP contribution is 2.34. The van der Waals surface area contributed by atoms with Crippen molar-refractivity contribution in [3.05, 3.63) is 84.4 Å². The zero-order valence-electron chi connectivity index (χ0n) is 16.9. The topological polar surface area (TPSA) is 78.2 Å². The highest BCUT2D eigenvalue weighted by atomic mass is 32.1. The number of ether oxygens (including phenoxy) is 1. The molecule has 156 valence electrons. The first-order chi connectivity index (χ1) is 15.1. The van der Waals surface area contributed by atoms with Crippen molar-refractivity contribution in [2.24, 2.45) is 0 Å². The molecule has 0 aliphatic carbocycles. The number of aryl methyl sites for hydroxylation is 1. The molecular formula is C24H22N4O2S. The molecule has 1 amide bonds. The molecule has 7 heteroatoms. The second-order valence-electron chi connectivity index (χ2n) is 7.02. The largest absolute Gasteiger partial charge is 0.484 e. The number of benzene rings is 3. The zero-order valence-corrected chi connectivity index (χ0v) is 17.8. The van der Waals surface area contributed by atoms with Gasteiger partial charge in [0.05, 0.1) is 11.4 Å². The van der Waals surface area contributed by atoms with Crippen molar-refractivity contribution < 1.29 is 9.53 Å². The first-order valence-corrected chi connectivity index (χ1v) is 10.2. The minimum atomic E-state index is -0.341. The predicted octanol–water partition coefficient (Wildman–Crippen LogP) is 4.54. The van der Waals surface area contributed by atoms with Crippen molar-refractivity contribution in [2.45, 2.75) is 6.92 Å². The third-order valence-corrected chi connectivity index (χ3v) is 4.92. The van der Waals surface area contributed by atoms with Crippen molar-refractivity contribution in [1.29, 1.82) is 0 Å². The van der Waals surface area contributed by atoms with Crippen LogP contribution in [0, 0.1) is 6.92 Å². The van der Waals surface area contributed by atoms with Gasteiger partial charge in [-0.2, -0.15) is 0 Å². The molecule has 4 N–H and O–H groups in total. The van der Waals surface area contributed by atoms with Crippen molar-refractivity contribution in [1.82, 2.24) is 15.8 Å². The lowest BCUT2D eigenvalue weighted by Crippen LogP contribution is -2.45. The van der Waals surface area contributed by atoms with Gasteiger partial charge in [-0.1, -0.05) is 66.2 Å². The van der Waals surface area contributed by atoms with E-state index in [2.05, 4.69) is 21.2 Å². The Morgan fingerprint density at radius 2 is 1.65 bits per heavy atom. The molecule has 6 nitrogen and oxygen atoms in total. The monoisotopic (exact) mass is 430 g/mol. The average molecular weight is 431 g/mol. The van der Waals surface area contributed by atoms with E-state index in [4.69, 9.17) is 17.0 Å². The summed E-state index contributed by atoms with van der Waals surface area (Å²) in [7, 11) is 0. The van der Waals surface area contributed by atoms with Crippen LogP contribution in [0.25, 0.3) is 22.2 Å². The second kappa shape index (κ2) is 9.32. The molecule has 1 heterocycles. The summed E-state index contributed by atoms with van der Waals surface area (Å²) < 4.78 is 5.47. The Morgan fingerprint density at radius 1 is 0.935 bits per heavy atom. The molecule has 0 radical (unpaired) electrons. The number of para-hydroxylation sites is 1. The maximum Gasteiger partial charge on any atom is 0.276 e. The van der Waals surface area contributed by atoms with E-state index in [1.807, 2.05) is 85.8 Å². The summed E-state index contributed by atoms with van der Waals surface area (Å²) in [6, 6.07) is 25.4. The van der Waals surface area contributed by atoms with E-state index in [9.17, 15) is 4.79 Å². The Hall–Kier alpha value is -3.84. The molecule has 4 aromatic rings. The van der Waals surface area contributed by atoms with E-state index in [0.717, 1.165) is 33.4 Å². The molecule has 0 fully saturated rings. The third-order valence-electron chi connectivity index (χ3n) is 4.71. The van der Waals surface area contributed by atoms with E-state index in [-0.39, 0.29) is 17.6 Å². The fourth-order valence-corrected chi connectivity index (χ4v) is 3.34. The maximum atomic E-state index is 12.1. The summed E-state index contributed by atoms with van der Waals surface area (Å²) in [5.41, 5.74) is 10.2. The normalized spacial score (nSPS) is 10.5. The van der Waals surface area contributed by atoms with E-state index in [0.29, 0.717) is 5.75 Å². The molecule has 3 aromatic carbocycles. The van der Waals surface area contributed by atoms with Gasteiger partial charge >= 0.3 is 0 Å². The molecule has 0 atom stereocenters. The van der Waals surface area contributed by atoms with Gasteiger partial charge in [0.15, 0.2) is 11.7 Å². The quantitative estimate of drug-likeness (QED) is 0.276. The van der Waals surface area contributed by atoms with Crippen molar-refractivity contribution in [2.75, 3.05) is 11.9 Å². The Morgan fingerprint density at radius 3 is 2.42 bits per heavy atom. The smallest absolute Gasteiger partial charge is 0.276 e. The molecule has 0 spiro atoms. The van der Waals surface area contributed by atoms with Gasteiger partial charge in [-0.15, -0.1) is 0 Å². The lowest BCUT2D eigenvalue weighted by atomic mass is 10.1.